The molecule has 2 aromatic rings. The maximum Gasteiger partial charge on any atom is 0.314 e. The van der Waals surface area contributed by atoms with Crippen molar-refractivity contribution in [3.05, 3.63) is 62.4 Å². The number of aliphatic carboxylic acids is 1. The van der Waals surface area contributed by atoms with Crippen LogP contribution in [0.25, 0.3) is 0 Å². The van der Waals surface area contributed by atoms with Gasteiger partial charge in [-0.15, -0.1) is 0 Å². The second-order valence-corrected chi connectivity index (χ2v) is 5.04. The number of ether oxygens (including phenoxy) is 1. The summed E-state index contributed by atoms with van der Waals surface area (Å²) in [6, 6.07) is 7.57. The van der Waals surface area contributed by atoms with E-state index in [0.717, 1.165) is 12.1 Å². The van der Waals surface area contributed by atoms with Gasteiger partial charge in [-0.3, -0.25) is 14.9 Å². The van der Waals surface area contributed by atoms with Gasteiger partial charge in [0.05, 0.1) is 23.0 Å². The van der Waals surface area contributed by atoms with Crippen LogP contribution in [-0.4, -0.2) is 16.0 Å². The summed E-state index contributed by atoms with van der Waals surface area (Å²) in [6.07, 6.45) is -0.667. The number of carbonyl (C=O) groups is 1. The summed E-state index contributed by atoms with van der Waals surface area (Å²) in [5.74, 6) is -3.30. The molecule has 2 aromatic carbocycles. The van der Waals surface area contributed by atoms with E-state index in [2.05, 4.69) is 0 Å². The molecule has 24 heavy (non-hydrogen) atoms. The van der Waals surface area contributed by atoms with Crippen molar-refractivity contribution >= 4 is 23.3 Å². The number of nitro benzene ring substituents is 1. The van der Waals surface area contributed by atoms with Crippen LogP contribution < -0.4 is 4.74 Å². The molecule has 0 aliphatic heterocycles. The van der Waals surface area contributed by atoms with E-state index in [1.807, 2.05) is 6.07 Å². The Balaban J connectivity index is 2.55. The van der Waals surface area contributed by atoms with E-state index in [-0.39, 0.29) is 21.9 Å². The molecular weight excluding hydrogens is 343 g/mol. The van der Waals surface area contributed by atoms with Gasteiger partial charge < -0.3 is 9.84 Å². The smallest absolute Gasteiger partial charge is 0.314 e. The van der Waals surface area contributed by atoms with Gasteiger partial charge in [-0.25, -0.2) is 4.39 Å². The Morgan fingerprint density at radius 1 is 1.42 bits per heavy atom. The number of nitrogens with zero attached hydrogens (tertiary/aromatic N) is 2. The van der Waals surface area contributed by atoms with Crippen molar-refractivity contribution in [2.24, 2.45) is 0 Å². The topological polar surface area (TPSA) is 113 Å². The predicted molar refractivity (Wildman–Crippen MR) is 80.6 cm³/mol. The molecule has 122 valence electrons. The highest BCUT2D eigenvalue weighted by Crippen LogP contribution is 2.36. The molecule has 0 aliphatic rings. The zero-order chi connectivity index (χ0) is 17.9. The van der Waals surface area contributed by atoms with Crippen LogP contribution in [-0.2, 0) is 11.2 Å². The van der Waals surface area contributed by atoms with E-state index in [9.17, 15) is 19.3 Å². The first kappa shape index (κ1) is 17.2. The Hall–Kier alpha value is -3.18. The Bertz CT molecular complexity index is 879. The second kappa shape index (κ2) is 6.93. The fourth-order valence-electron chi connectivity index (χ4n) is 1.93. The van der Waals surface area contributed by atoms with Crippen molar-refractivity contribution in [1.29, 1.82) is 5.26 Å². The van der Waals surface area contributed by atoms with Gasteiger partial charge in [0, 0.05) is 16.7 Å². The van der Waals surface area contributed by atoms with Crippen molar-refractivity contribution in [1.82, 2.24) is 0 Å². The van der Waals surface area contributed by atoms with Gasteiger partial charge in [0.15, 0.2) is 5.82 Å². The average Bonchev–Trinajstić information content (AvgIpc) is 2.50. The first-order valence-corrected chi connectivity index (χ1v) is 6.75. The molecule has 0 spiro atoms. The third kappa shape index (κ3) is 3.77. The van der Waals surface area contributed by atoms with E-state index in [1.165, 1.54) is 18.2 Å². The molecule has 9 heteroatoms. The maximum absolute atomic E-state index is 14.4. The monoisotopic (exact) mass is 350 g/mol. The van der Waals surface area contributed by atoms with E-state index >= 15 is 0 Å². The lowest BCUT2D eigenvalue weighted by atomic mass is 10.1. The average molecular weight is 351 g/mol. The highest BCUT2D eigenvalue weighted by molar-refractivity contribution is 6.30. The molecule has 0 atom stereocenters. The number of halogens is 2. The normalized spacial score (nSPS) is 10.0. The molecule has 0 amide bonds. The second-order valence-electron chi connectivity index (χ2n) is 4.60. The summed E-state index contributed by atoms with van der Waals surface area (Å²) in [7, 11) is 0. The Labute approximate surface area is 139 Å². The molecule has 0 aromatic heterocycles. The number of nitriles is 1. The summed E-state index contributed by atoms with van der Waals surface area (Å²) >= 11 is 5.80. The van der Waals surface area contributed by atoms with Gasteiger partial charge in [0.2, 0.25) is 5.75 Å². The minimum Gasteiger partial charge on any atom is -0.481 e. The minimum atomic E-state index is -1.30. The van der Waals surface area contributed by atoms with E-state index < -0.39 is 34.6 Å². The minimum absolute atomic E-state index is 0.0893. The van der Waals surface area contributed by atoms with Crippen molar-refractivity contribution in [3.8, 4) is 17.6 Å². The zero-order valence-electron chi connectivity index (χ0n) is 11.8. The number of carboxylic acids is 1. The first-order chi connectivity index (χ1) is 11.3. The van der Waals surface area contributed by atoms with Gasteiger partial charge in [-0.1, -0.05) is 11.6 Å². The molecular formula is C15H8ClFN2O5. The third-order valence-electron chi connectivity index (χ3n) is 2.91. The standard InChI is InChI=1S/C15H8ClFN2O5/c16-10-3-8(7-18)4-11(6-10)24-15-12(19(22)23)2-1-9(14(15)17)5-13(20)21/h1-4,6H,5H2,(H,20,21). The van der Waals surface area contributed by atoms with Gasteiger partial charge in [0.1, 0.15) is 5.75 Å². The number of nitro groups is 1. The molecule has 7 nitrogen and oxygen atoms in total. The van der Waals surface area contributed by atoms with Gasteiger partial charge >= 0.3 is 11.7 Å². The molecule has 0 aliphatic carbocycles. The van der Waals surface area contributed by atoms with Crippen LogP contribution in [0.15, 0.2) is 30.3 Å². The van der Waals surface area contributed by atoms with Gasteiger partial charge in [-0.05, 0) is 24.3 Å². The lowest BCUT2D eigenvalue weighted by molar-refractivity contribution is -0.385. The van der Waals surface area contributed by atoms with E-state index in [0.29, 0.717) is 0 Å². The Morgan fingerprint density at radius 2 is 2.12 bits per heavy atom. The molecule has 0 fully saturated rings. The van der Waals surface area contributed by atoms with Crippen molar-refractivity contribution in [2.75, 3.05) is 0 Å². The highest BCUT2D eigenvalue weighted by atomic mass is 35.5. The van der Waals surface area contributed by atoms with Crippen molar-refractivity contribution in [2.45, 2.75) is 6.42 Å². The highest BCUT2D eigenvalue weighted by Gasteiger charge is 2.24. The number of rotatable bonds is 5. The summed E-state index contributed by atoms with van der Waals surface area (Å²) in [6.45, 7) is 0. The SMILES string of the molecule is N#Cc1cc(Cl)cc(Oc2c([N+](=O)[O-])ccc(CC(=O)O)c2F)c1. The number of benzene rings is 2. The number of hydrogen-bond acceptors (Lipinski definition) is 5. The van der Waals surface area contributed by atoms with Gasteiger partial charge in [-0.2, -0.15) is 5.26 Å². The fraction of sp³-hybridized carbons (Fsp3) is 0.0667. The molecule has 0 radical (unpaired) electrons. The van der Waals surface area contributed by atoms with Crippen LogP contribution in [0.4, 0.5) is 10.1 Å². The van der Waals surface area contributed by atoms with Crippen molar-refractivity contribution in [3.63, 3.8) is 0 Å². The van der Waals surface area contributed by atoms with E-state index in [1.54, 1.807) is 0 Å². The van der Waals surface area contributed by atoms with Crippen molar-refractivity contribution < 1.29 is 24.0 Å². The number of carboxylic acid groups (broad SMARTS) is 1. The summed E-state index contributed by atoms with van der Waals surface area (Å²) in [5, 5.41) is 28.8. The van der Waals surface area contributed by atoms with Crippen LogP contribution in [0.1, 0.15) is 11.1 Å². The third-order valence-corrected chi connectivity index (χ3v) is 3.13. The molecule has 0 heterocycles. The first-order valence-electron chi connectivity index (χ1n) is 6.38. The molecule has 0 saturated heterocycles. The Kier molecular flexibility index (Phi) is 4.96. The molecule has 0 saturated carbocycles. The molecule has 0 bridgehead atoms. The number of hydrogen-bond donors (Lipinski definition) is 1. The van der Waals surface area contributed by atoms with Crippen LogP contribution in [0.2, 0.25) is 5.02 Å². The Morgan fingerprint density at radius 3 is 2.71 bits per heavy atom. The lowest BCUT2D eigenvalue weighted by Crippen LogP contribution is -2.05. The zero-order valence-corrected chi connectivity index (χ0v) is 12.6. The summed E-state index contributed by atoms with van der Waals surface area (Å²) in [5.41, 5.74) is -0.840. The molecule has 1 N–H and O–H groups in total. The predicted octanol–water partition coefficient (Wildman–Crippen LogP) is 3.68. The summed E-state index contributed by atoms with van der Waals surface area (Å²) < 4.78 is 19.6. The quantitative estimate of drug-likeness (QED) is 0.650. The lowest BCUT2D eigenvalue weighted by Gasteiger charge is -2.10. The van der Waals surface area contributed by atoms with E-state index in [4.69, 9.17) is 26.7 Å². The van der Waals surface area contributed by atoms with Crippen LogP contribution in [0.5, 0.6) is 11.5 Å². The molecule has 2 rings (SSSR count). The summed E-state index contributed by atoms with van der Waals surface area (Å²) in [4.78, 5) is 20.9. The van der Waals surface area contributed by atoms with Gasteiger partial charge in [0.25, 0.3) is 0 Å². The van der Waals surface area contributed by atoms with Crippen LogP contribution in [0, 0.1) is 27.3 Å². The molecule has 0 unspecified atom stereocenters. The maximum atomic E-state index is 14.4. The fourth-order valence-corrected chi connectivity index (χ4v) is 2.16. The van der Waals surface area contributed by atoms with Crippen LogP contribution >= 0.6 is 11.6 Å². The largest absolute Gasteiger partial charge is 0.481 e. The van der Waals surface area contributed by atoms with Crippen LogP contribution in [0.3, 0.4) is 0 Å².